The van der Waals surface area contributed by atoms with Crippen molar-refractivity contribution in [3.8, 4) is 5.75 Å². The molecule has 0 aromatic heterocycles. The van der Waals surface area contributed by atoms with E-state index in [0.29, 0.717) is 24.4 Å². The number of hydrogen-bond donors (Lipinski definition) is 2. The molecule has 2 N–H and O–H groups in total. The molecule has 27 heavy (non-hydrogen) atoms. The van der Waals surface area contributed by atoms with E-state index < -0.39 is 10.0 Å². The molecule has 2 aromatic rings. The maximum Gasteiger partial charge on any atom is 0.261 e. The Morgan fingerprint density at radius 1 is 1.07 bits per heavy atom. The number of ether oxygens (including phenoxy) is 1. The first-order valence-electron chi connectivity index (χ1n) is 8.27. The molecule has 1 saturated heterocycles. The van der Waals surface area contributed by atoms with E-state index in [4.69, 9.17) is 4.74 Å². The van der Waals surface area contributed by atoms with Crippen LogP contribution in [0.4, 0.5) is 5.69 Å². The van der Waals surface area contributed by atoms with Gasteiger partial charge in [-0.05, 0) is 36.4 Å². The average Bonchev–Trinajstić information content (AvgIpc) is 2.68. The number of anilines is 1. The minimum Gasteiger partial charge on any atom is -0.497 e. The van der Waals surface area contributed by atoms with Gasteiger partial charge in [0, 0.05) is 26.2 Å². The normalized spacial score (nSPS) is 14.2. The number of carbonyl (C=O) groups excluding carboxylic acids is 1. The number of piperazine rings is 1. The zero-order chi connectivity index (χ0) is 18.6. The lowest BCUT2D eigenvalue weighted by molar-refractivity contribution is 0.0737. The molecule has 0 atom stereocenters. The van der Waals surface area contributed by atoms with E-state index in [1.54, 1.807) is 41.3 Å². The second-order valence-corrected chi connectivity index (χ2v) is 7.55. The van der Waals surface area contributed by atoms with Crippen molar-refractivity contribution in [1.82, 2.24) is 10.2 Å². The van der Waals surface area contributed by atoms with Crippen LogP contribution in [0.25, 0.3) is 0 Å². The first-order valence-corrected chi connectivity index (χ1v) is 9.75. The fourth-order valence-corrected chi connectivity index (χ4v) is 3.84. The molecule has 0 unspecified atom stereocenters. The predicted octanol–water partition coefficient (Wildman–Crippen LogP) is 1.96. The van der Waals surface area contributed by atoms with Gasteiger partial charge < -0.3 is 15.0 Å². The molecule has 0 radical (unpaired) electrons. The zero-order valence-corrected chi connectivity index (χ0v) is 16.5. The minimum atomic E-state index is -3.81. The van der Waals surface area contributed by atoms with E-state index in [1.165, 1.54) is 19.2 Å². The number of benzene rings is 2. The van der Waals surface area contributed by atoms with Crippen LogP contribution in [-0.4, -0.2) is 52.5 Å². The van der Waals surface area contributed by atoms with Crippen molar-refractivity contribution < 1.29 is 17.9 Å². The number of hydrogen-bond acceptors (Lipinski definition) is 5. The number of methoxy groups -OCH3 is 1. The smallest absolute Gasteiger partial charge is 0.261 e. The largest absolute Gasteiger partial charge is 0.497 e. The molecule has 0 saturated carbocycles. The second-order valence-electron chi connectivity index (χ2n) is 5.87. The van der Waals surface area contributed by atoms with E-state index in [1.807, 2.05) is 0 Å². The fraction of sp³-hybridized carbons (Fsp3) is 0.278. The highest BCUT2D eigenvalue weighted by Gasteiger charge is 2.23. The van der Waals surface area contributed by atoms with Gasteiger partial charge >= 0.3 is 0 Å². The average molecular weight is 412 g/mol. The van der Waals surface area contributed by atoms with Gasteiger partial charge in [0.25, 0.3) is 15.9 Å². The SMILES string of the molecule is COc1ccc(S(=O)(=O)Nc2ccccc2C(=O)N2CCNCC2)cc1.Cl. The fourth-order valence-electron chi connectivity index (χ4n) is 2.76. The van der Waals surface area contributed by atoms with Crippen LogP contribution in [0.3, 0.4) is 0 Å². The first-order chi connectivity index (χ1) is 12.5. The van der Waals surface area contributed by atoms with Gasteiger partial charge in [0.15, 0.2) is 0 Å². The topological polar surface area (TPSA) is 87.7 Å². The number of amides is 1. The van der Waals surface area contributed by atoms with Crippen LogP contribution in [0.5, 0.6) is 5.75 Å². The maximum absolute atomic E-state index is 12.8. The van der Waals surface area contributed by atoms with Gasteiger partial charge in [0.05, 0.1) is 23.3 Å². The van der Waals surface area contributed by atoms with Crippen molar-refractivity contribution in [3.05, 3.63) is 54.1 Å². The Hall–Kier alpha value is -2.29. The summed E-state index contributed by atoms with van der Waals surface area (Å²) < 4.78 is 32.9. The van der Waals surface area contributed by atoms with Crippen LogP contribution in [-0.2, 0) is 10.0 Å². The molecule has 7 nitrogen and oxygen atoms in total. The number of carbonyl (C=O) groups is 1. The number of nitrogens with one attached hydrogen (secondary N) is 2. The van der Waals surface area contributed by atoms with Crippen molar-refractivity contribution >= 4 is 34.0 Å². The molecule has 1 aliphatic heterocycles. The highest BCUT2D eigenvalue weighted by molar-refractivity contribution is 7.92. The Morgan fingerprint density at radius 2 is 1.70 bits per heavy atom. The lowest BCUT2D eigenvalue weighted by Gasteiger charge is -2.28. The Labute approximate surface area is 165 Å². The van der Waals surface area contributed by atoms with Gasteiger partial charge in [-0.3, -0.25) is 9.52 Å². The molecule has 1 amide bonds. The minimum absolute atomic E-state index is 0. The Kier molecular flexibility index (Phi) is 7.06. The molecule has 146 valence electrons. The standard InChI is InChI=1S/C18H21N3O4S.ClH/c1-25-14-6-8-15(9-7-14)26(23,24)20-17-5-3-2-4-16(17)18(22)21-12-10-19-11-13-21;/h2-9,19-20H,10-13H2,1H3;1H. The highest BCUT2D eigenvalue weighted by Crippen LogP contribution is 2.23. The van der Waals surface area contributed by atoms with Gasteiger partial charge in [0.1, 0.15) is 5.75 Å². The lowest BCUT2D eigenvalue weighted by Crippen LogP contribution is -2.46. The predicted molar refractivity (Wildman–Crippen MR) is 106 cm³/mol. The summed E-state index contributed by atoms with van der Waals surface area (Å²) in [6.45, 7) is 2.65. The summed E-state index contributed by atoms with van der Waals surface area (Å²) in [4.78, 5) is 14.6. The van der Waals surface area contributed by atoms with Crippen LogP contribution in [0.15, 0.2) is 53.4 Å². The molecule has 3 rings (SSSR count). The Bertz CT molecular complexity index is 882. The molecule has 9 heteroatoms. The van der Waals surface area contributed by atoms with Crippen molar-refractivity contribution in [2.24, 2.45) is 0 Å². The molecule has 2 aromatic carbocycles. The molecule has 0 spiro atoms. The number of rotatable bonds is 5. The number of sulfonamides is 1. The third-order valence-electron chi connectivity index (χ3n) is 4.18. The van der Waals surface area contributed by atoms with Gasteiger partial charge in [-0.25, -0.2) is 8.42 Å². The van der Waals surface area contributed by atoms with Gasteiger partial charge in [-0.15, -0.1) is 12.4 Å². The van der Waals surface area contributed by atoms with Gasteiger partial charge in [-0.2, -0.15) is 0 Å². The third-order valence-corrected chi connectivity index (χ3v) is 5.56. The molecule has 0 aliphatic carbocycles. The van der Waals surface area contributed by atoms with Crippen LogP contribution in [0.2, 0.25) is 0 Å². The van der Waals surface area contributed by atoms with E-state index in [9.17, 15) is 13.2 Å². The summed E-state index contributed by atoms with van der Waals surface area (Å²) >= 11 is 0. The molecule has 1 aliphatic rings. The van der Waals surface area contributed by atoms with E-state index in [2.05, 4.69) is 10.0 Å². The monoisotopic (exact) mass is 411 g/mol. The van der Waals surface area contributed by atoms with Crippen LogP contribution < -0.4 is 14.8 Å². The summed E-state index contributed by atoms with van der Waals surface area (Å²) in [5, 5.41) is 3.19. The lowest BCUT2D eigenvalue weighted by atomic mass is 10.1. The van der Waals surface area contributed by atoms with Crippen LogP contribution in [0.1, 0.15) is 10.4 Å². The summed E-state index contributed by atoms with van der Waals surface area (Å²) in [5.74, 6) is 0.387. The van der Waals surface area contributed by atoms with Crippen molar-refractivity contribution in [2.75, 3.05) is 38.0 Å². The zero-order valence-electron chi connectivity index (χ0n) is 14.8. The van der Waals surface area contributed by atoms with Crippen LogP contribution >= 0.6 is 12.4 Å². The van der Waals surface area contributed by atoms with E-state index >= 15 is 0 Å². The van der Waals surface area contributed by atoms with Gasteiger partial charge in [-0.1, -0.05) is 12.1 Å². The molecule has 1 heterocycles. The van der Waals surface area contributed by atoms with Crippen molar-refractivity contribution in [2.45, 2.75) is 4.90 Å². The van der Waals surface area contributed by atoms with E-state index in [-0.39, 0.29) is 28.9 Å². The second kappa shape index (κ2) is 9.07. The molecule has 1 fully saturated rings. The molecular weight excluding hydrogens is 390 g/mol. The Balaban J connectivity index is 0.00000261. The van der Waals surface area contributed by atoms with Gasteiger partial charge in [0.2, 0.25) is 0 Å². The number of halogens is 1. The number of nitrogens with zero attached hydrogens (tertiary/aromatic N) is 1. The van der Waals surface area contributed by atoms with Crippen molar-refractivity contribution in [1.29, 1.82) is 0 Å². The summed E-state index contributed by atoms with van der Waals surface area (Å²) in [5.41, 5.74) is 0.610. The number of para-hydroxylation sites is 1. The van der Waals surface area contributed by atoms with Crippen molar-refractivity contribution in [3.63, 3.8) is 0 Å². The first kappa shape index (κ1) is 21.0. The molecule has 0 bridgehead atoms. The third kappa shape index (κ3) is 4.91. The summed E-state index contributed by atoms with van der Waals surface area (Å²) in [7, 11) is -2.30. The maximum atomic E-state index is 12.8. The Morgan fingerprint density at radius 3 is 2.33 bits per heavy atom. The quantitative estimate of drug-likeness (QED) is 0.785. The van der Waals surface area contributed by atoms with E-state index in [0.717, 1.165) is 13.1 Å². The van der Waals surface area contributed by atoms with Crippen LogP contribution in [0, 0.1) is 0 Å². The summed E-state index contributed by atoms with van der Waals surface area (Å²) in [6.07, 6.45) is 0. The molecular formula is C18H22ClN3O4S. The summed E-state index contributed by atoms with van der Waals surface area (Å²) in [6, 6.07) is 12.7. The highest BCUT2D eigenvalue weighted by atomic mass is 35.5.